The zero-order chi connectivity index (χ0) is 27.7. The van der Waals surface area contributed by atoms with Crippen LogP contribution in [0, 0.1) is 34.5 Å². The number of nitrogens with zero attached hydrogens (tertiary/aromatic N) is 1. The summed E-state index contributed by atoms with van der Waals surface area (Å²) in [6.07, 6.45) is 9.09. The molecule has 4 aliphatic rings. The number of hydrogen-bond acceptors (Lipinski definition) is 6. The van der Waals surface area contributed by atoms with Crippen molar-refractivity contribution in [2.45, 2.75) is 95.7 Å². The van der Waals surface area contributed by atoms with Crippen LogP contribution in [0.5, 0.6) is 11.5 Å². The molecule has 0 saturated heterocycles. The molecule has 9 heteroatoms. The standard InChI is InChI=1S/C30H39N3O6/c1-30(29(36)37)11-9-21(10-12-30)39-23-15-22(24(38-2)14-19(23)16-31)27(34)33-26-18-8-7-17(13-18)25(26)28(35)32-20-5-3-4-6-20/h14-15,17-18,20-21,25-26H,3-13H2,1-2H3,(H,32,35)(H,33,34)(H,36,37)/t17-,18+,21?,25+,26-,30?/m1/s1. The Morgan fingerprint density at radius 2 is 1.69 bits per heavy atom. The molecule has 4 atom stereocenters. The van der Waals surface area contributed by atoms with Gasteiger partial charge in [0, 0.05) is 18.2 Å². The third-order valence-electron chi connectivity index (χ3n) is 9.73. The predicted molar refractivity (Wildman–Crippen MR) is 142 cm³/mol. The Balaban J connectivity index is 1.32. The van der Waals surface area contributed by atoms with Gasteiger partial charge in [-0.2, -0.15) is 5.26 Å². The lowest BCUT2D eigenvalue weighted by Gasteiger charge is -2.34. The zero-order valence-corrected chi connectivity index (χ0v) is 22.8. The highest BCUT2D eigenvalue weighted by Crippen LogP contribution is 2.49. The normalized spacial score (nSPS) is 31.9. The van der Waals surface area contributed by atoms with Crippen molar-refractivity contribution in [3.05, 3.63) is 23.3 Å². The minimum Gasteiger partial charge on any atom is -0.496 e. The maximum atomic E-state index is 13.6. The first kappa shape index (κ1) is 27.3. The summed E-state index contributed by atoms with van der Waals surface area (Å²) < 4.78 is 11.7. The van der Waals surface area contributed by atoms with E-state index in [4.69, 9.17) is 9.47 Å². The number of benzene rings is 1. The van der Waals surface area contributed by atoms with Gasteiger partial charge in [-0.1, -0.05) is 12.8 Å². The Kier molecular flexibility index (Phi) is 7.75. The van der Waals surface area contributed by atoms with Crippen LogP contribution < -0.4 is 20.1 Å². The summed E-state index contributed by atoms with van der Waals surface area (Å²) in [5.41, 5.74) is -0.261. The van der Waals surface area contributed by atoms with Gasteiger partial charge in [-0.3, -0.25) is 14.4 Å². The minimum atomic E-state index is -0.807. The number of methoxy groups -OCH3 is 1. The molecule has 4 aliphatic carbocycles. The van der Waals surface area contributed by atoms with Gasteiger partial charge in [0.25, 0.3) is 5.91 Å². The topological polar surface area (TPSA) is 138 Å². The second kappa shape index (κ2) is 11.1. The van der Waals surface area contributed by atoms with E-state index in [-0.39, 0.29) is 70.4 Å². The van der Waals surface area contributed by atoms with Crippen molar-refractivity contribution < 1.29 is 29.0 Å². The minimum absolute atomic E-state index is 0.0564. The Morgan fingerprint density at radius 1 is 1.00 bits per heavy atom. The van der Waals surface area contributed by atoms with Crippen molar-refractivity contribution in [2.75, 3.05) is 7.11 Å². The Labute approximate surface area is 229 Å². The summed E-state index contributed by atoms with van der Waals surface area (Å²) in [6.45, 7) is 1.75. The number of carboxylic acids is 1. The highest BCUT2D eigenvalue weighted by Gasteiger charge is 2.51. The molecule has 5 rings (SSSR count). The van der Waals surface area contributed by atoms with Crippen molar-refractivity contribution in [3.8, 4) is 17.6 Å². The van der Waals surface area contributed by atoms with E-state index in [9.17, 15) is 24.8 Å². The maximum Gasteiger partial charge on any atom is 0.309 e. The lowest BCUT2D eigenvalue weighted by Crippen LogP contribution is -2.51. The molecule has 210 valence electrons. The van der Waals surface area contributed by atoms with Crippen LogP contribution in [-0.4, -0.2) is 48.2 Å². The molecule has 1 aromatic rings. The van der Waals surface area contributed by atoms with Gasteiger partial charge in [0.05, 0.1) is 35.7 Å². The monoisotopic (exact) mass is 537 g/mol. The fourth-order valence-electron chi connectivity index (χ4n) is 7.30. The number of fused-ring (bicyclic) bond motifs is 2. The average molecular weight is 538 g/mol. The van der Waals surface area contributed by atoms with Crippen LogP contribution in [0.1, 0.15) is 93.5 Å². The van der Waals surface area contributed by atoms with Gasteiger partial charge in [0.2, 0.25) is 5.91 Å². The first-order valence-electron chi connectivity index (χ1n) is 14.4. The number of nitriles is 1. The summed E-state index contributed by atoms with van der Waals surface area (Å²) in [5, 5.41) is 25.7. The van der Waals surface area contributed by atoms with E-state index in [1.54, 1.807) is 13.0 Å². The SMILES string of the molecule is COc1cc(C#N)c(OC2CCC(C)(C(=O)O)CC2)cc1C(=O)N[C@@H]1[C@H]2CC[C@H](C2)[C@@H]1C(=O)NC1CCCC1. The molecule has 4 saturated carbocycles. The molecule has 0 aromatic heterocycles. The van der Waals surface area contributed by atoms with Crippen molar-refractivity contribution in [3.63, 3.8) is 0 Å². The third kappa shape index (κ3) is 5.43. The van der Waals surface area contributed by atoms with Crippen LogP contribution >= 0.6 is 0 Å². The van der Waals surface area contributed by atoms with Crippen LogP contribution in [0.3, 0.4) is 0 Å². The maximum absolute atomic E-state index is 13.6. The van der Waals surface area contributed by atoms with E-state index in [2.05, 4.69) is 16.7 Å². The van der Waals surface area contributed by atoms with Crippen molar-refractivity contribution in [1.82, 2.24) is 10.6 Å². The lowest BCUT2D eigenvalue weighted by atomic mass is 9.75. The number of ether oxygens (including phenoxy) is 2. The molecule has 39 heavy (non-hydrogen) atoms. The van der Waals surface area contributed by atoms with Gasteiger partial charge in [-0.15, -0.1) is 0 Å². The molecule has 0 unspecified atom stereocenters. The molecule has 0 aliphatic heterocycles. The Morgan fingerprint density at radius 3 is 2.33 bits per heavy atom. The van der Waals surface area contributed by atoms with Crippen LogP contribution in [0.25, 0.3) is 0 Å². The van der Waals surface area contributed by atoms with Crippen LogP contribution in [0.15, 0.2) is 12.1 Å². The van der Waals surface area contributed by atoms with Gasteiger partial charge in [0.15, 0.2) is 0 Å². The molecule has 0 radical (unpaired) electrons. The molecule has 3 N–H and O–H groups in total. The first-order valence-corrected chi connectivity index (χ1v) is 14.4. The van der Waals surface area contributed by atoms with Crippen molar-refractivity contribution in [1.29, 1.82) is 5.26 Å². The molecular weight excluding hydrogens is 498 g/mol. The number of rotatable bonds is 8. The smallest absolute Gasteiger partial charge is 0.309 e. The number of aliphatic carboxylic acids is 1. The average Bonchev–Trinajstić information content (AvgIpc) is 3.68. The van der Waals surface area contributed by atoms with Crippen molar-refractivity contribution in [2.24, 2.45) is 23.2 Å². The molecule has 2 amide bonds. The summed E-state index contributed by atoms with van der Waals surface area (Å²) in [6, 6.07) is 5.19. The number of amides is 2. The predicted octanol–water partition coefficient (Wildman–Crippen LogP) is 4.18. The molecule has 2 bridgehead atoms. The number of nitrogens with one attached hydrogen (secondary N) is 2. The summed E-state index contributed by atoms with van der Waals surface area (Å²) >= 11 is 0. The van der Waals surface area contributed by atoms with E-state index in [1.165, 1.54) is 13.2 Å². The second-order valence-electron chi connectivity index (χ2n) is 12.2. The van der Waals surface area contributed by atoms with E-state index >= 15 is 0 Å². The molecule has 4 fully saturated rings. The molecule has 0 spiro atoms. The van der Waals surface area contributed by atoms with Gasteiger partial charge >= 0.3 is 5.97 Å². The van der Waals surface area contributed by atoms with Gasteiger partial charge in [0.1, 0.15) is 17.6 Å². The van der Waals surface area contributed by atoms with E-state index < -0.39 is 11.4 Å². The van der Waals surface area contributed by atoms with Crippen molar-refractivity contribution >= 4 is 17.8 Å². The number of carbonyl (C=O) groups is 3. The Bertz CT molecular complexity index is 1160. The van der Waals surface area contributed by atoms with Gasteiger partial charge in [-0.25, -0.2) is 0 Å². The van der Waals surface area contributed by atoms with Gasteiger partial charge < -0.3 is 25.2 Å². The number of carboxylic acid groups (broad SMARTS) is 1. The summed E-state index contributed by atoms with van der Waals surface area (Å²) in [5.74, 6) is -0.225. The highest BCUT2D eigenvalue weighted by atomic mass is 16.5. The highest BCUT2D eigenvalue weighted by molar-refractivity contribution is 5.98. The van der Waals surface area contributed by atoms with Gasteiger partial charge in [-0.05, 0) is 82.6 Å². The molecule has 0 heterocycles. The molecule has 1 aromatic carbocycles. The summed E-state index contributed by atoms with van der Waals surface area (Å²) in [7, 11) is 1.46. The van der Waals surface area contributed by atoms with Crippen LogP contribution in [0.2, 0.25) is 0 Å². The first-order chi connectivity index (χ1) is 18.7. The largest absolute Gasteiger partial charge is 0.496 e. The zero-order valence-electron chi connectivity index (χ0n) is 22.8. The Hall–Kier alpha value is -3.28. The fraction of sp³-hybridized carbons (Fsp3) is 0.667. The van der Waals surface area contributed by atoms with Crippen LogP contribution in [-0.2, 0) is 9.59 Å². The fourth-order valence-corrected chi connectivity index (χ4v) is 7.30. The molecule has 9 nitrogen and oxygen atoms in total. The summed E-state index contributed by atoms with van der Waals surface area (Å²) in [4.78, 5) is 38.6. The quantitative estimate of drug-likeness (QED) is 0.452. The van der Waals surface area contributed by atoms with E-state index in [0.717, 1.165) is 44.9 Å². The van der Waals surface area contributed by atoms with E-state index in [0.29, 0.717) is 25.7 Å². The third-order valence-corrected chi connectivity index (χ3v) is 9.73. The van der Waals surface area contributed by atoms with Crippen LogP contribution in [0.4, 0.5) is 0 Å². The van der Waals surface area contributed by atoms with E-state index in [1.807, 2.05) is 0 Å². The number of hydrogen-bond donors (Lipinski definition) is 3. The second-order valence-corrected chi connectivity index (χ2v) is 12.2. The molecular formula is C30H39N3O6. The number of carbonyl (C=O) groups excluding carboxylic acids is 2. The lowest BCUT2D eigenvalue weighted by molar-refractivity contribution is -0.150.